The number of anilines is 3. The first-order valence-corrected chi connectivity index (χ1v) is 14.5. The minimum absolute atomic E-state index is 0.00850. The van der Waals surface area contributed by atoms with E-state index in [1.54, 1.807) is 0 Å². The van der Waals surface area contributed by atoms with E-state index in [1.807, 2.05) is 24.3 Å². The molecule has 1 saturated heterocycles. The highest BCUT2D eigenvalue weighted by Gasteiger charge is 2.26. The van der Waals surface area contributed by atoms with Crippen LogP contribution in [0.2, 0.25) is 0 Å². The lowest BCUT2D eigenvalue weighted by Crippen LogP contribution is -2.45. The van der Waals surface area contributed by atoms with E-state index in [1.165, 1.54) is 17.4 Å². The number of carbonyl (C=O) groups is 1. The third-order valence-electron chi connectivity index (χ3n) is 7.39. The molecule has 10 nitrogen and oxygen atoms in total. The van der Waals surface area contributed by atoms with Gasteiger partial charge in [0.2, 0.25) is 5.95 Å². The highest BCUT2D eigenvalue weighted by molar-refractivity contribution is 7.21. The molecule has 0 spiro atoms. The van der Waals surface area contributed by atoms with Crippen molar-refractivity contribution in [2.45, 2.75) is 25.8 Å². The summed E-state index contributed by atoms with van der Waals surface area (Å²) in [6.07, 6.45) is 1.93. The first-order valence-electron chi connectivity index (χ1n) is 13.7. The summed E-state index contributed by atoms with van der Waals surface area (Å²) in [5.74, 6) is 0.0655. The number of nitrogens with one attached hydrogen (secondary N) is 3. The van der Waals surface area contributed by atoms with Crippen molar-refractivity contribution >= 4 is 55.6 Å². The molecule has 1 amide bonds. The van der Waals surface area contributed by atoms with E-state index in [0.29, 0.717) is 23.8 Å². The molecule has 1 atom stereocenters. The molecule has 40 heavy (non-hydrogen) atoms. The molecule has 3 N–H and O–H groups in total. The van der Waals surface area contributed by atoms with Gasteiger partial charge in [-0.3, -0.25) is 9.69 Å². The lowest BCUT2D eigenvalue weighted by molar-refractivity contribution is 0.0944. The van der Waals surface area contributed by atoms with Crippen molar-refractivity contribution in [1.82, 2.24) is 30.1 Å². The maximum absolute atomic E-state index is 14.3. The number of likely N-dealkylation sites (N-methyl/N-ethyl adjacent to an activating group) is 1. The zero-order chi connectivity index (χ0) is 27.6. The molecular formula is C28H33FN8O2S. The van der Waals surface area contributed by atoms with Gasteiger partial charge in [-0.1, -0.05) is 13.3 Å². The van der Waals surface area contributed by atoms with Gasteiger partial charge in [0, 0.05) is 66.8 Å². The van der Waals surface area contributed by atoms with Crippen molar-refractivity contribution in [3.8, 4) is 6.01 Å². The number of rotatable bonds is 8. The summed E-state index contributed by atoms with van der Waals surface area (Å²) in [6, 6.07) is 9.04. The molecule has 1 aromatic carbocycles. The summed E-state index contributed by atoms with van der Waals surface area (Å²) < 4.78 is 21.0. The lowest BCUT2D eigenvalue weighted by atomic mass is 10.1. The summed E-state index contributed by atoms with van der Waals surface area (Å²) in [5.41, 5.74) is 1.62. The number of nitrogens with zero attached hydrogens (tertiary/aromatic N) is 5. The highest BCUT2D eigenvalue weighted by atomic mass is 32.1. The Morgan fingerprint density at radius 1 is 1.12 bits per heavy atom. The Bertz CT molecular complexity index is 1540. The maximum Gasteiger partial charge on any atom is 0.321 e. The summed E-state index contributed by atoms with van der Waals surface area (Å²) in [5, 5.41) is 11.7. The Kier molecular flexibility index (Phi) is 7.63. The van der Waals surface area contributed by atoms with Gasteiger partial charge in [0.1, 0.15) is 23.1 Å². The SMILES string of the molecule is CCC[C@@H]1CNc2c(sc3ccc4nc(Nc5cc(F)nc(OCCN6CCN(C)CC6)n5)ccc4c23)C(=O)N1. The van der Waals surface area contributed by atoms with Crippen LogP contribution in [0, 0.1) is 5.95 Å². The molecule has 0 unspecified atom stereocenters. The molecule has 0 bridgehead atoms. The van der Waals surface area contributed by atoms with Gasteiger partial charge in [-0.2, -0.15) is 14.4 Å². The molecule has 210 valence electrons. The van der Waals surface area contributed by atoms with Gasteiger partial charge in [0.05, 0.1) is 11.2 Å². The van der Waals surface area contributed by atoms with Crippen LogP contribution in [0.15, 0.2) is 30.3 Å². The molecule has 1 fully saturated rings. The van der Waals surface area contributed by atoms with Crippen molar-refractivity contribution < 1.29 is 13.9 Å². The highest BCUT2D eigenvalue weighted by Crippen LogP contribution is 2.41. The number of fused-ring (bicyclic) bond motifs is 5. The van der Waals surface area contributed by atoms with Crippen LogP contribution in [0.3, 0.4) is 0 Å². The summed E-state index contributed by atoms with van der Waals surface area (Å²) in [7, 11) is 2.11. The fourth-order valence-electron chi connectivity index (χ4n) is 5.24. The van der Waals surface area contributed by atoms with Crippen LogP contribution >= 0.6 is 11.3 Å². The standard InChI is InChI=1S/C28H33FN8O2S/c1-3-4-17-16-30-25-24-18-5-8-22(32-19(18)6-7-20(24)40-26(25)27(38)31-17)34-23-15-21(29)33-28(35-23)39-14-13-37-11-9-36(2)10-12-37/h5-8,15,17,30H,3-4,9-14,16H2,1-2H3,(H,31,38)(H,32,33,34,35)/t17-/m1/s1. The number of pyridine rings is 1. The number of halogens is 1. The van der Waals surface area contributed by atoms with Crippen LogP contribution in [0.1, 0.15) is 29.4 Å². The Balaban J connectivity index is 1.19. The van der Waals surface area contributed by atoms with E-state index < -0.39 is 5.95 Å². The van der Waals surface area contributed by atoms with Gasteiger partial charge in [-0.15, -0.1) is 11.3 Å². The number of hydrogen-bond donors (Lipinski definition) is 3. The van der Waals surface area contributed by atoms with Crippen LogP contribution in [-0.4, -0.2) is 89.6 Å². The third-order valence-corrected chi connectivity index (χ3v) is 8.54. The fourth-order valence-corrected chi connectivity index (χ4v) is 6.34. The second-order valence-corrected chi connectivity index (χ2v) is 11.4. The normalized spacial score (nSPS) is 18.3. The number of piperazine rings is 1. The summed E-state index contributed by atoms with van der Waals surface area (Å²) in [6.45, 7) is 7.92. The van der Waals surface area contributed by atoms with Gasteiger partial charge in [0.15, 0.2) is 0 Å². The van der Waals surface area contributed by atoms with Crippen LogP contribution in [-0.2, 0) is 0 Å². The number of aromatic nitrogens is 3. The molecule has 0 saturated carbocycles. The average Bonchev–Trinajstić information content (AvgIpc) is 3.24. The van der Waals surface area contributed by atoms with Crippen molar-refractivity contribution in [3.05, 3.63) is 41.2 Å². The van der Waals surface area contributed by atoms with E-state index in [9.17, 15) is 9.18 Å². The number of benzene rings is 1. The topological polar surface area (TPSA) is 108 Å². The fraction of sp³-hybridized carbons (Fsp3) is 0.429. The van der Waals surface area contributed by atoms with Crippen molar-refractivity contribution in [3.63, 3.8) is 0 Å². The molecule has 2 aliphatic rings. The number of ether oxygens (including phenoxy) is 1. The predicted octanol–water partition coefficient (Wildman–Crippen LogP) is 4.07. The second kappa shape index (κ2) is 11.5. The quantitative estimate of drug-likeness (QED) is 0.273. The van der Waals surface area contributed by atoms with Crippen molar-refractivity contribution in [1.29, 1.82) is 0 Å². The third kappa shape index (κ3) is 5.65. The number of carbonyl (C=O) groups excluding carboxylic acids is 1. The summed E-state index contributed by atoms with van der Waals surface area (Å²) >= 11 is 1.49. The Hall–Kier alpha value is -3.61. The first-order chi connectivity index (χ1) is 19.5. The Morgan fingerprint density at radius 2 is 1.98 bits per heavy atom. The van der Waals surface area contributed by atoms with Gasteiger partial charge >= 0.3 is 6.01 Å². The maximum atomic E-state index is 14.3. The van der Waals surface area contributed by atoms with E-state index in [-0.39, 0.29) is 23.8 Å². The first kappa shape index (κ1) is 26.6. The molecule has 3 aromatic heterocycles. The lowest BCUT2D eigenvalue weighted by Gasteiger charge is -2.31. The number of hydrogen-bond acceptors (Lipinski definition) is 10. The molecular weight excluding hydrogens is 531 g/mol. The average molecular weight is 565 g/mol. The predicted molar refractivity (Wildman–Crippen MR) is 156 cm³/mol. The molecule has 5 heterocycles. The minimum atomic E-state index is -0.679. The van der Waals surface area contributed by atoms with Crippen LogP contribution in [0.25, 0.3) is 21.0 Å². The molecule has 12 heteroatoms. The van der Waals surface area contributed by atoms with E-state index in [4.69, 9.17) is 9.72 Å². The summed E-state index contributed by atoms with van der Waals surface area (Å²) in [4.78, 5) is 31.1. The van der Waals surface area contributed by atoms with Gasteiger partial charge in [-0.05, 0) is 37.7 Å². The largest absolute Gasteiger partial charge is 0.462 e. The Labute approximate surface area is 235 Å². The molecule has 0 radical (unpaired) electrons. The zero-order valence-corrected chi connectivity index (χ0v) is 23.5. The number of thiophene rings is 1. The Morgan fingerprint density at radius 3 is 2.80 bits per heavy atom. The van der Waals surface area contributed by atoms with Crippen molar-refractivity contribution in [2.75, 3.05) is 63.6 Å². The van der Waals surface area contributed by atoms with E-state index >= 15 is 0 Å². The van der Waals surface area contributed by atoms with E-state index in [0.717, 1.165) is 72.2 Å². The second-order valence-electron chi connectivity index (χ2n) is 10.3. The van der Waals surface area contributed by atoms with Gasteiger partial charge < -0.3 is 25.6 Å². The van der Waals surface area contributed by atoms with E-state index in [2.05, 4.69) is 49.7 Å². The van der Waals surface area contributed by atoms with Crippen LogP contribution < -0.4 is 20.7 Å². The molecule has 2 aliphatic heterocycles. The zero-order valence-electron chi connectivity index (χ0n) is 22.7. The van der Waals surface area contributed by atoms with Crippen molar-refractivity contribution in [2.24, 2.45) is 0 Å². The minimum Gasteiger partial charge on any atom is -0.462 e. The molecule has 0 aliphatic carbocycles. The van der Waals surface area contributed by atoms with Crippen LogP contribution in [0.4, 0.5) is 21.7 Å². The van der Waals surface area contributed by atoms with Crippen LogP contribution in [0.5, 0.6) is 6.01 Å². The smallest absolute Gasteiger partial charge is 0.321 e. The van der Waals surface area contributed by atoms with Gasteiger partial charge in [0.25, 0.3) is 5.91 Å². The molecule has 6 rings (SSSR count). The van der Waals surface area contributed by atoms with Gasteiger partial charge in [-0.25, -0.2) is 4.98 Å². The number of amides is 1. The molecule has 4 aromatic rings. The monoisotopic (exact) mass is 564 g/mol.